The summed E-state index contributed by atoms with van der Waals surface area (Å²) in [7, 11) is 0. The maximum Gasteiger partial charge on any atom is 0.405 e. The Balaban J connectivity index is 4.14. The van der Waals surface area contributed by atoms with E-state index in [9.17, 15) is 13.2 Å². The molecule has 0 rings (SSSR count). The van der Waals surface area contributed by atoms with Crippen molar-refractivity contribution in [1.29, 1.82) is 5.26 Å². The van der Waals surface area contributed by atoms with Gasteiger partial charge in [0, 0.05) is 19.7 Å². The van der Waals surface area contributed by atoms with E-state index in [0.717, 1.165) is 0 Å². The molecule has 0 spiro atoms. The SMILES string of the molecule is CCOCCN(CC)CC(C#N)C(F)(F)F. The lowest BCUT2D eigenvalue weighted by atomic mass is 10.1. The smallest absolute Gasteiger partial charge is 0.380 e. The summed E-state index contributed by atoms with van der Waals surface area (Å²) in [5, 5.41) is 8.45. The van der Waals surface area contributed by atoms with E-state index in [-0.39, 0.29) is 6.54 Å². The molecule has 0 aliphatic rings. The normalized spacial score (nSPS) is 13.8. The summed E-state index contributed by atoms with van der Waals surface area (Å²) in [5.74, 6) is -1.92. The first kappa shape index (κ1) is 15.2. The van der Waals surface area contributed by atoms with E-state index in [1.165, 1.54) is 6.07 Å². The highest BCUT2D eigenvalue weighted by atomic mass is 19.4. The van der Waals surface area contributed by atoms with Crippen molar-refractivity contribution in [1.82, 2.24) is 4.90 Å². The molecule has 0 saturated heterocycles. The first-order valence-electron chi connectivity index (χ1n) is 5.22. The molecule has 1 atom stereocenters. The van der Waals surface area contributed by atoms with Crippen LogP contribution in [0.2, 0.25) is 0 Å². The maximum absolute atomic E-state index is 12.3. The van der Waals surface area contributed by atoms with Crippen LogP contribution in [0, 0.1) is 17.2 Å². The van der Waals surface area contributed by atoms with E-state index in [1.807, 2.05) is 6.92 Å². The molecule has 0 saturated carbocycles. The molecule has 3 nitrogen and oxygen atoms in total. The summed E-state index contributed by atoms with van der Waals surface area (Å²) >= 11 is 0. The standard InChI is InChI=1S/C10H17F3N2O/c1-3-15(5-6-16-4-2)8-9(7-14)10(11,12)13/h9H,3-6,8H2,1-2H3. The number of nitrogens with zero attached hydrogens (tertiary/aromatic N) is 2. The van der Waals surface area contributed by atoms with Crippen molar-refractivity contribution >= 4 is 0 Å². The molecule has 0 aromatic rings. The second-order valence-corrected chi connectivity index (χ2v) is 3.31. The molecule has 1 unspecified atom stereocenters. The van der Waals surface area contributed by atoms with Crippen LogP contribution in [-0.2, 0) is 4.74 Å². The van der Waals surface area contributed by atoms with Crippen LogP contribution in [0.4, 0.5) is 13.2 Å². The van der Waals surface area contributed by atoms with E-state index >= 15 is 0 Å². The highest BCUT2D eigenvalue weighted by Gasteiger charge is 2.40. The molecule has 0 bridgehead atoms. The molecule has 0 aliphatic heterocycles. The Labute approximate surface area is 93.8 Å². The Hall–Kier alpha value is -0.800. The number of hydrogen-bond acceptors (Lipinski definition) is 3. The van der Waals surface area contributed by atoms with E-state index in [1.54, 1.807) is 11.8 Å². The topological polar surface area (TPSA) is 36.3 Å². The second-order valence-electron chi connectivity index (χ2n) is 3.31. The Kier molecular flexibility index (Phi) is 7.10. The summed E-state index contributed by atoms with van der Waals surface area (Å²) in [4.78, 5) is 1.57. The zero-order chi connectivity index (χ0) is 12.6. The highest BCUT2D eigenvalue weighted by molar-refractivity contribution is 4.90. The lowest BCUT2D eigenvalue weighted by Crippen LogP contribution is -2.37. The Morgan fingerprint density at radius 1 is 1.38 bits per heavy atom. The van der Waals surface area contributed by atoms with Crippen molar-refractivity contribution in [2.24, 2.45) is 5.92 Å². The Bertz CT molecular complexity index is 225. The highest BCUT2D eigenvalue weighted by Crippen LogP contribution is 2.26. The molecule has 0 amide bonds. The predicted octanol–water partition coefficient (Wildman–Crippen LogP) is 2.05. The average Bonchev–Trinajstić information content (AvgIpc) is 2.21. The number of likely N-dealkylation sites (N-methyl/N-ethyl adjacent to an activating group) is 1. The molecular formula is C10H17F3N2O. The summed E-state index contributed by atoms with van der Waals surface area (Å²) in [6.07, 6.45) is -4.45. The first-order valence-corrected chi connectivity index (χ1v) is 5.22. The van der Waals surface area contributed by atoms with Crippen molar-refractivity contribution in [2.75, 3.05) is 32.8 Å². The van der Waals surface area contributed by atoms with Gasteiger partial charge in [-0.15, -0.1) is 0 Å². The van der Waals surface area contributed by atoms with Crippen LogP contribution < -0.4 is 0 Å². The van der Waals surface area contributed by atoms with E-state index in [4.69, 9.17) is 10.00 Å². The number of nitriles is 1. The van der Waals surface area contributed by atoms with Gasteiger partial charge in [-0.05, 0) is 13.5 Å². The Morgan fingerprint density at radius 2 is 2.00 bits per heavy atom. The average molecular weight is 238 g/mol. The molecule has 94 valence electrons. The third-order valence-corrected chi connectivity index (χ3v) is 2.19. The van der Waals surface area contributed by atoms with Crippen molar-refractivity contribution < 1.29 is 17.9 Å². The van der Waals surface area contributed by atoms with E-state index in [2.05, 4.69) is 0 Å². The van der Waals surface area contributed by atoms with E-state index in [0.29, 0.717) is 26.3 Å². The molecular weight excluding hydrogens is 221 g/mol. The lowest BCUT2D eigenvalue weighted by molar-refractivity contribution is -0.163. The quantitative estimate of drug-likeness (QED) is 0.637. The minimum Gasteiger partial charge on any atom is -0.380 e. The van der Waals surface area contributed by atoms with Gasteiger partial charge in [0.15, 0.2) is 5.92 Å². The number of hydrogen-bond donors (Lipinski definition) is 0. The molecule has 0 radical (unpaired) electrons. The van der Waals surface area contributed by atoms with Gasteiger partial charge in [0.05, 0.1) is 12.7 Å². The van der Waals surface area contributed by atoms with Crippen molar-refractivity contribution in [3.63, 3.8) is 0 Å². The Morgan fingerprint density at radius 3 is 2.38 bits per heavy atom. The van der Waals surface area contributed by atoms with Crippen molar-refractivity contribution in [3.8, 4) is 6.07 Å². The zero-order valence-electron chi connectivity index (χ0n) is 9.55. The van der Waals surface area contributed by atoms with Gasteiger partial charge in [0.25, 0.3) is 0 Å². The molecule has 0 N–H and O–H groups in total. The number of rotatable bonds is 7. The van der Waals surface area contributed by atoms with Crippen LogP contribution in [0.1, 0.15) is 13.8 Å². The molecule has 0 aromatic heterocycles. The maximum atomic E-state index is 12.3. The third-order valence-electron chi connectivity index (χ3n) is 2.19. The third kappa shape index (κ3) is 5.93. The monoisotopic (exact) mass is 238 g/mol. The largest absolute Gasteiger partial charge is 0.405 e. The number of halogens is 3. The summed E-state index contributed by atoms with van der Waals surface area (Å²) in [6, 6.07) is 1.29. The fourth-order valence-corrected chi connectivity index (χ4v) is 1.19. The zero-order valence-corrected chi connectivity index (χ0v) is 9.55. The van der Waals surface area contributed by atoms with Crippen molar-refractivity contribution in [3.05, 3.63) is 0 Å². The van der Waals surface area contributed by atoms with Gasteiger partial charge in [-0.25, -0.2) is 0 Å². The van der Waals surface area contributed by atoms with Gasteiger partial charge in [-0.1, -0.05) is 6.92 Å². The van der Waals surface area contributed by atoms with Crippen molar-refractivity contribution in [2.45, 2.75) is 20.0 Å². The number of alkyl halides is 3. The van der Waals surface area contributed by atoms with Gasteiger partial charge in [0.2, 0.25) is 0 Å². The minimum atomic E-state index is -4.45. The molecule has 16 heavy (non-hydrogen) atoms. The van der Waals surface area contributed by atoms with Gasteiger partial charge in [-0.2, -0.15) is 18.4 Å². The van der Waals surface area contributed by atoms with Crippen LogP contribution in [0.25, 0.3) is 0 Å². The van der Waals surface area contributed by atoms with E-state index < -0.39 is 12.1 Å². The first-order chi connectivity index (χ1) is 7.45. The predicted molar refractivity (Wildman–Crippen MR) is 53.8 cm³/mol. The summed E-state index contributed by atoms with van der Waals surface area (Å²) < 4.78 is 42.0. The van der Waals surface area contributed by atoms with Crippen LogP contribution in [0.3, 0.4) is 0 Å². The van der Waals surface area contributed by atoms with Gasteiger partial charge >= 0.3 is 6.18 Å². The lowest BCUT2D eigenvalue weighted by Gasteiger charge is -2.23. The van der Waals surface area contributed by atoms with Crippen LogP contribution in [0.15, 0.2) is 0 Å². The minimum absolute atomic E-state index is 0.288. The number of ether oxygens (including phenoxy) is 1. The summed E-state index contributed by atoms with van der Waals surface area (Å²) in [5.41, 5.74) is 0. The molecule has 6 heteroatoms. The molecule has 0 fully saturated rings. The fourth-order valence-electron chi connectivity index (χ4n) is 1.19. The fraction of sp³-hybridized carbons (Fsp3) is 0.900. The molecule has 0 heterocycles. The van der Waals surface area contributed by atoms with Crippen LogP contribution in [-0.4, -0.2) is 43.9 Å². The van der Waals surface area contributed by atoms with Gasteiger partial charge in [-0.3, -0.25) is 4.90 Å². The summed E-state index contributed by atoms with van der Waals surface area (Å²) in [6.45, 7) is 5.11. The second kappa shape index (κ2) is 7.47. The molecule has 0 aromatic carbocycles. The van der Waals surface area contributed by atoms with Crippen LogP contribution in [0.5, 0.6) is 0 Å². The van der Waals surface area contributed by atoms with Crippen LogP contribution >= 0.6 is 0 Å². The van der Waals surface area contributed by atoms with Gasteiger partial charge < -0.3 is 4.74 Å². The molecule has 0 aliphatic carbocycles. The van der Waals surface area contributed by atoms with Gasteiger partial charge in [0.1, 0.15) is 0 Å².